The van der Waals surface area contributed by atoms with E-state index in [4.69, 9.17) is 0 Å². The van der Waals surface area contributed by atoms with Crippen molar-refractivity contribution in [1.29, 1.82) is 0 Å². The van der Waals surface area contributed by atoms with Crippen molar-refractivity contribution in [3.63, 3.8) is 0 Å². The molecular weight excluding hydrogens is 142 g/mol. The summed E-state index contributed by atoms with van der Waals surface area (Å²) in [5, 5.41) is 9.29. The number of rotatable bonds is 1. The molecule has 0 saturated heterocycles. The predicted octanol–water partition coefficient (Wildman–Crippen LogP) is 0.899. The SMILES string of the molecule is CC(C)(O)C(=O)n1cccc1. The molecule has 1 N–H and O–H groups in total. The molecule has 60 valence electrons. The van der Waals surface area contributed by atoms with Gasteiger partial charge in [0, 0.05) is 12.4 Å². The van der Waals surface area contributed by atoms with Gasteiger partial charge >= 0.3 is 0 Å². The lowest BCUT2D eigenvalue weighted by molar-refractivity contribution is 0.0392. The van der Waals surface area contributed by atoms with Gasteiger partial charge < -0.3 is 5.11 Å². The van der Waals surface area contributed by atoms with Crippen LogP contribution in [0, 0.1) is 0 Å². The van der Waals surface area contributed by atoms with Crippen LogP contribution in [0.3, 0.4) is 0 Å². The minimum absolute atomic E-state index is 0.317. The average Bonchev–Trinajstić information content (AvgIpc) is 2.34. The van der Waals surface area contributed by atoms with Crippen LogP contribution in [0.5, 0.6) is 0 Å². The maximum Gasteiger partial charge on any atom is 0.261 e. The summed E-state index contributed by atoms with van der Waals surface area (Å²) in [7, 11) is 0. The van der Waals surface area contributed by atoms with Crippen LogP contribution >= 0.6 is 0 Å². The molecule has 0 radical (unpaired) electrons. The molecule has 0 aliphatic heterocycles. The first-order valence-electron chi connectivity index (χ1n) is 3.42. The normalized spacial score (nSPS) is 11.5. The number of hydrogen-bond donors (Lipinski definition) is 1. The zero-order valence-electron chi connectivity index (χ0n) is 6.61. The van der Waals surface area contributed by atoms with Crippen LogP contribution in [0.1, 0.15) is 18.6 Å². The van der Waals surface area contributed by atoms with E-state index in [1.807, 2.05) is 0 Å². The second kappa shape index (κ2) is 2.51. The minimum Gasteiger partial charge on any atom is -0.381 e. The van der Waals surface area contributed by atoms with E-state index in [9.17, 15) is 9.90 Å². The average molecular weight is 153 g/mol. The lowest BCUT2D eigenvalue weighted by Crippen LogP contribution is -2.35. The standard InChI is InChI=1S/C8H11NO2/c1-8(2,11)7(10)9-5-3-4-6-9/h3-6,11H,1-2H3. The molecule has 1 rings (SSSR count). The predicted molar refractivity (Wildman–Crippen MR) is 41.4 cm³/mol. The molecule has 0 unspecified atom stereocenters. The molecular formula is C8H11NO2. The van der Waals surface area contributed by atoms with Crippen molar-refractivity contribution in [3.8, 4) is 0 Å². The molecule has 0 aliphatic carbocycles. The van der Waals surface area contributed by atoms with E-state index in [1.165, 1.54) is 18.4 Å². The highest BCUT2D eigenvalue weighted by Crippen LogP contribution is 2.05. The van der Waals surface area contributed by atoms with E-state index >= 15 is 0 Å². The molecule has 11 heavy (non-hydrogen) atoms. The number of aliphatic hydroxyl groups is 1. The number of nitrogens with zero attached hydrogens (tertiary/aromatic N) is 1. The van der Waals surface area contributed by atoms with Crippen LogP contribution in [-0.2, 0) is 0 Å². The van der Waals surface area contributed by atoms with Crippen molar-refractivity contribution in [3.05, 3.63) is 24.5 Å². The second-order valence-corrected chi connectivity index (χ2v) is 2.95. The number of carbonyl (C=O) groups excluding carboxylic acids is 1. The monoisotopic (exact) mass is 153 g/mol. The molecule has 3 nitrogen and oxygen atoms in total. The summed E-state index contributed by atoms with van der Waals surface area (Å²) < 4.78 is 1.36. The zero-order chi connectivity index (χ0) is 8.48. The van der Waals surface area contributed by atoms with Gasteiger partial charge in [0.15, 0.2) is 0 Å². The third-order valence-corrected chi connectivity index (χ3v) is 1.36. The van der Waals surface area contributed by atoms with E-state index < -0.39 is 5.60 Å². The van der Waals surface area contributed by atoms with Crippen LogP contribution in [0.2, 0.25) is 0 Å². The topological polar surface area (TPSA) is 42.2 Å². The quantitative estimate of drug-likeness (QED) is 0.651. The Morgan fingerprint density at radius 1 is 1.36 bits per heavy atom. The van der Waals surface area contributed by atoms with Gasteiger partial charge in [-0.2, -0.15) is 0 Å². The van der Waals surface area contributed by atoms with Crippen molar-refractivity contribution in [1.82, 2.24) is 4.57 Å². The summed E-state index contributed by atoms with van der Waals surface area (Å²) >= 11 is 0. The van der Waals surface area contributed by atoms with Crippen LogP contribution in [-0.4, -0.2) is 21.2 Å². The fourth-order valence-electron chi connectivity index (χ4n) is 0.786. The molecule has 1 aromatic rings. The van der Waals surface area contributed by atoms with Crippen molar-refractivity contribution in [2.24, 2.45) is 0 Å². The fourth-order valence-corrected chi connectivity index (χ4v) is 0.786. The Bertz CT molecular complexity index is 244. The lowest BCUT2D eigenvalue weighted by Gasteiger charge is -2.15. The van der Waals surface area contributed by atoms with Crippen molar-refractivity contribution in [2.75, 3.05) is 0 Å². The first-order valence-corrected chi connectivity index (χ1v) is 3.42. The van der Waals surface area contributed by atoms with Gasteiger partial charge in [0.1, 0.15) is 5.60 Å². The van der Waals surface area contributed by atoms with Gasteiger partial charge in [0.05, 0.1) is 0 Å². The number of carbonyl (C=O) groups is 1. The highest BCUT2D eigenvalue weighted by molar-refractivity contribution is 5.86. The molecule has 0 fully saturated rings. The Balaban J connectivity index is 2.88. The maximum absolute atomic E-state index is 11.2. The van der Waals surface area contributed by atoms with Crippen LogP contribution < -0.4 is 0 Å². The molecule has 0 aromatic carbocycles. The second-order valence-electron chi connectivity index (χ2n) is 2.95. The Morgan fingerprint density at radius 2 is 1.82 bits per heavy atom. The third-order valence-electron chi connectivity index (χ3n) is 1.36. The summed E-state index contributed by atoms with van der Waals surface area (Å²) in [6.07, 6.45) is 3.22. The Morgan fingerprint density at radius 3 is 2.18 bits per heavy atom. The Hall–Kier alpha value is -1.09. The molecule has 0 saturated carbocycles. The van der Waals surface area contributed by atoms with Gasteiger partial charge in [-0.25, -0.2) is 0 Å². The molecule has 0 bridgehead atoms. The highest BCUT2D eigenvalue weighted by atomic mass is 16.3. The van der Waals surface area contributed by atoms with Crippen molar-refractivity contribution < 1.29 is 9.90 Å². The van der Waals surface area contributed by atoms with Crippen LogP contribution in [0.4, 0.5) is 0 Å². The van der Waals surface area contributed by atoms with Gasteiger partial charge in [-0.3, -0.25) is 9.36 Å². The summed E-state index contributed by atoms with van der Waals surface area (Å²) in [5.74, 6) is -0.317. The molecule has 1 aromatic heterocycles. The van der Waals surface area contributed by atoms with Gasteiger partial charge in [-0.05, 0) is 26.0 Å². The van der Waals surface area contributed by atoms with E-state index in [2.05, 4.69) is 0 Å². The molecule has 0 atom stereocenters. The van der Waals surface area contributed by atoms with E-state index in [1.54, 1.807) is 24.5 Å². The van der Waals surface area contributed by atoms with Crippen LogP contribution in [0.25, 0.3) is 0 Å². The van der Waals surface area contributed by atoms with E-state index in [-0.39, 0.29) is 5.91 Å². The van der Waals surface area contributed by atoms with E-state index in [0.29, 0.717) is 0 Å². The van der Waals surface area contributed by atoms with Crippen LogP contribution in [0.15, 0.2) is 24.5 Å². The van der Waals surface area contributed by atoms with Crippen molar-refractivity contribution in [2.45, 2.75) is 19.4 Å². The molecule has 0 amide bonds. The minimum atomic E-state index is -1.29. The number of aromatic nitrogens is 1. The van der Waals surface area contributed by atoms with Gasteiger partial charge in [0.2, 0.25) is 0 Å². The molecule has 1 heterocycles. The van der Waals surface area contributed by atoms with Gasteiger partial charge in [-0.1, -0.05) is 0 Å². The van der Waals surface area contributed by atoms with Crippen molar-refractivity contribution >= 4 is 5.91 Å². The first kappa shape index (κ1) is 8.01. The summed E-state index contributed by atoms with van der Waals surface area (Å²) in [6.45, 7) is 2.94. The summed E-state index contributed by atoms with van der Waals surface area (Å²) in [5.41, 5.74) is -1.29. The van der Waals surface area contributed by atoms with E-state index in [0.717, 1.165) is 0 Å². The Kier molecular flexibility index (Phi) is 1.83. The first-order chi connectivity index (χ1) is 5.02. The van der Waals surface area contributed by atoms with Gasteiger partial charge in [-0.15, -0.1) is 0 Å². The molecule has 0 spiro atoms. The lowest BCUT2D eigenvalue weighted by atomic mass is 10.1. The smallest absolute Gasteiger partial charge is 0.261 e. The van der Waals surface area contributed by atoms with Gasteiger partial charge in [0.25, 0.3) is 5.91 Å². The summed E-state index contributed by atoms with van der Waals surface area (Å²) in [6, 6.07) is 3.48. The molecule has 0 aliphatic rings. The highest BCUT2D eigenvalue weighted by Gasteiger charge is 2.24. The summed E-state index contributed by atoms with van der Waals surface area (Å²) in [4.78, 5) is 11.2. The fraction of sp³-hybridized carbons (Fsp3) is 0.375. The third kappa shape index (κ3) is 1.68. The maximum atomic E-state index is 11.2. The largest absolute Gasteiger partial charge is 0.381 e. The number of hydrogen-bond acceptors (Lipinski definition) is 2. The molecule has 3 heteroatoms. The zero-order valence-corrected chi connectivity index (χ0v) is 6.61. The Labute approximate surface area is 65.3 Å².